The van der Waals surface area contributed by atoms with E-state index in [2.05, 4.69) is 6.92 Å². The van der Waals surface area contributed by atoms with Crippen LogP contribution in [0.15, 0.2) is 34.0 Å². The van der Waals surface area contributed by atoms with E-state index in [1.807, 2.05) is 17.9 Å². The molecule has 1 aromatic heterocycles. The molecule has 0 bridgehead atoms. The molecule has 0 spiro atoms. The van der Waals surface area contributed by atoms with Gasteiger partial charge in [0.2, 0.25) is 5.91 Å². The number of carbonyl (C=O) groups excluding carboxylic acids is 1. The van der Waals surface area contributed by atoms with Crippen molar-refractivity contribution in [2.75, 3.05) is 18.8 Å². The van der Waals surface area contributed by atoms with E-state index in [1.54, 1.807) is 29.8 Å². The minimum atomic E-state index is -0.0990. The summed E-state index contributed by atoms with van der Waals surface area (Å²) in [5.41, 5.74) is 0.682. The summed E-state index contributed by atoms with van der Waals surface area (Å²) in [5, 5.41) is 1.53. The highest BCUT2D eigenvalue weighted by molar-refractivity contribution is 8.00. The highest BCUT2D eigenvalue weighted by Crippen LogP contribution is 2.28. The van der Waals surface area contributed by atoms with Gasteiger partial charge in [0.15, 0.2) is 0 Å². The third-order valence-electron chi connectivity index (χ3n) is 4.04. The van der Waals surface area contributed by atoms with Gasteiger partial charge in [0.05, 0.1) is 11.3 Å². The Labute approximate surface area is 151 Å². The van der Waals surface area contributed by atoms with E-state index < -0.39 is 0 Å². The van der Waals surface area contributed by atoms with Gasteiger partial charge in [-0.1, -0.05) is 31.0 Å². The lowest BCUT2D eigenvalue weighted by molar-refractivity contribution is -0.128. The van der Waals surface area contributed by atoms with Gasteiger partial charge in [0.1, 0.15) is 0 Å². The number of rotatable bonds is 7. The Balaban J connectivity index is 2.23. The molecule has 130 valence electrons. The number of carbonyl (C=O) groups is 1. The van der Waals surface area contributed by atoms with Gasteiger partial charge in [0.25, 0.3) is 5.56 Å². The van der Waals surface area contributed by atoms with Crippen LogP contribution in [0.3, 0.4) is 0 Å². The second kappa shape index (κ2) is 8.58. The van der Waals surface area contributed by atoms with Crippen molar-refractivity contribution in [2.45, 2.75) is 31.6 Å². The zero-order chi connectivity index (χ0) is 17.7. The summed E-state index contributed by atoms with van der Waals surface area (Å²) in [6, 6.07) is 7.08. The Hall–Kier alpha value is -1.46. The zero-order valence-corrected chi connectivity index (χ0v) is 15.9. The molecule has 0 saturated heterocycles. The van der Waals surface area contributed by atoms with Crippen molar-refractivity contribution in [1.82, 2.24) is 9.47 Å². The molecular formula is C18H23ClN2O2S. The molecule has 24 heavy (non-hydrogen) atoms. The summed E-state index contributed by atoms with van der Waals surface area (Å²) < 4.78 is 1.58. The monoisotopic (exact) mass is 366 g/mol. The topological polar surface area (TPSA) is 42.3 Å². The van der Waals surface area contributed by atoms with Crippen LogP contribution in [0.25, 0.3) is 10.9 Å². The van der Waals surface area contributed by atoms with Crippen molar-refractivity contribution >= 4 is 40.2 Å². The molecule has 2 aromatic rings. The number of halogens is 1. The molecule has 6 heteroatoms. The third-order valence-corrected chi connectivity index (χ3v) is 5.31. The summed E-state index contributed by atoms with van der Waals surface area (Å²) in [5.74, 6) is 0.446. The van der Waals surface area contributed by atoms with E-state index in [1.165, 1.54) is 11.8 Å². The first-order valence-corrected chi connectivity index (χ1v) is 9.54. The summed E-state index contributed by atoms with van der Waals surface area (Å²) in [6.07, 6.45) is 2.08. The normalized spacial score (nSPS) is 11.0. The zero-order valence-electron chi connectivity index (χ0n) is 14.3. The molecule has 0 saturated carbocycles. The van der Waals surface area contributed by atoms with Crippen molar-refractivity contribution < 1.29 is 4.79 Å². The number of nitrogens with zero attached hydrogens (tertiary/aromatic N) is 2. The molecule has 4 nitrogen and oxygen atoms in total. The maximum absolute atomic E-state index is 12.4. The second-order valence-electron chi connectivity index (χ2n) is 5.68. The number of thioether (sulfide) groups is 1. The van der Waals surface area contributed by atoms with E-state index in [4.69, 9.17) is 11.6 Å². The van der Waals surface area contributed by atoms with Crippen LogP contribution in [0.2, 0.25) is 5.02 Å². The minimum absolute atomic E-state index is 0.0990. The standard InChI is InChI=1S/C18H23ClN2O2S/c1-4-6-9-21(5-2)18(23)12-24-16-11-17(22)20(3)15-10-13(19)7-8-14(15)16/h7-8,10-11H,4-6,9,12H2,1-3H3. The molecule has 1 heterocycles. The summed E-state index contributed by atoms with van der Waals surface area (Å²) in [4.78, 5) is 27.2. The predicted octanol–water partition coefficient (Wildman–Crippen LogP) is 3.93. The second-order valence-corrected chi connectivity index (χ2v) is 7.14. The molecule has 0 aliphatic heterocycles. The highest BCUT2D eigenvalue weighted by atomic mass is 35.5. The largest absolute Gasteiger partial charge is 0.342 e. The van der Waals surface area contributed by atoms with Crippen LogP contribution < -0.4 is 5.56 Å². The minimum Gasteiger partial charge on any atom is -0.342 e. The van der Waals surface area contributed by atoms with Crippen LogP contribution in [-0.2, 0) is 11.8 Å². The van der Waals surface area contributed by atoms with E-state index in [0.717, 1.165) is 35.2 Å². The fourth-order valence-corrected chi connectivity index (χ4v) is 3.69. The van der Waals surface area contributed by atoms with Crippen LogP contribution in [0, 0.1) is 0 Å². The van der Waals surface area contributed by atoms with Crippen LogP contribution in [0.4, 0.5) is 0 Å². The molecule has 2 rings (SSSR count). The maximum Gasteiger partial charge on any atom is 0.251 e. The molecule has 0 N–H and O–H groups in total. The number of amides is 1. The maximum atomic E-state index is 12.4. The number of benzene rings is 1. The first-order chi connectivity index (χ1) is 11.5. The summed E-state index contributed by atoms with van der Waals surface area (Å²) in [7, 11) is 1.73. The molecule has 1 aromatic carbocycles. The fraction of sp³-hybridized carbons (Fsp3) is 0.444. The number of pyridine rings is 1. The van der Waals surface area contributed by atoms with Crippen molar-refractivity contribution in [3.63, 3.8) is 0 Å². The Morgan fingerprint density at radius 1 is 1.29 bits per heavy atom. The van der Waals surface area contributed by atoms with Crippen LogP contribution in [-0.4, -0.2) is 34.2 Å². The van der Waals surface area contributed by atoms with Crippen molar-refractivity contribution in [3.05, 3.63) is 39.6 Å². The predicted molar refractivity (Wildman–Crippen MR) is 102 cm³/mol. The van der Waals surface area contributed by atoms with Crippen molar-refractivity contribution in [2.24, 2.45) is 7.05 Å². The van der Waals surface area contributed by atoms with Gasteiger partial charge < -0.3 is 9.47 Å². The van der Waals surface area contributed by atoms with Crippen LogP contribution in [0.5, 0.6) is 0 Å². The molecule has 0 unspecified atom stereocenters. The van der Waals surface area contributed by atoms with E-state index in [-0.39, 0.29) is 11.5 Å². The molecular weight excluding hydrogens is 344 g/mol. The van der Waals surface area contributed by atoms with Gasteiger partial charge in [0, 0.05) is 41.5 Å². The van der Waals surface area contributed by atoms with Gasteiger partial charge in [-0.15, -0.1) is 11.8 Å². The quantitative estimate of drug-likeness (QED) is 0.697. The Morgan fingerprint density at radius 2 is 2.04 bits per heavy atom. The number of aryl methyl sites for hydroxylation is 1. The number of fused-ring (bicyclic) bond motifs is 1. The van der Waals surface area contributed by atoms with Crippen LogP contribution in [0.1, 0.15) is 26.7 Å². The number of hydrogen-bond donors (Lipinski definition) is 0. The Morgan fingerprint density at radius 3 is 2.71 bits per heavy atom. The average molecular weight is 367 g/mol. The van der Waals surface area contributed by atoms with Gasteiger partial charge in [-0.05, 0) is 25.5 Å². The molecule has 1 amide bonds. The van der Waals surface area contributed by atoms with E-state index in [0.29, 0.717) is 17.3 Å². The van der Waals surface area contributed by atoms with Crippen LogP contribution >= 0.6 is 23.4 Å². The number of aromatic nitrogens is 1. The smallest absolute Gasteiger partial charge is 0.251 e. The average Bonchev–Trinajstić information content (AvgIpc) is 2.57. The molecule has 0 aliphatic rings. The van der Waals surface area contributed by atoms with Crippen molar-refractivity contribution in [3.8, 4) is 0 Å². The first kappa shape index (κ1) is 18.9. The van der Waals surface area contributed by atoms with E-state index >= 15 is 0 Å². The van der Waals surface area contributed by atoms with Crippen molar-refractivity contribution in [1.29, 1.82) is 0 Å². The number of unbranched alkanes of at least 4 members (excludes halogenated alkanes) is 1. The lowest BCUT2D eigenvalue weighted by atomic mass is 10.2. The summed E-state index contributed by atoms with van der Waals surface area (Å²) >= 11 is 7.47. The van der Waals surface area contributed by atoms with Gasteiger partial charge in [-0.25, -0.2) is 0 Å². The fourth-order valence-electron chi connectivity index (χ4n) is 2.55. The third kappa shape index (κ3) is 4.33. The number of hydrogen-bond acceptors (Lipinski definition) is 3. The molecule has 0 aliphatic carbocycles. The van der Waals surface area contributed by atoms with Gasteiger partial charge >= 0.3 is 0 Å². The van der Waals surface area contributed by atoms with Gasteiger partial charge in [-0.3, -0.25) is 9.59 Å². The van der Waals surface area contributed by atoms with E-state index in [9.17, 15) is 9.59 Å². The van der Waals surface area contributed by atoms with Gasteiger partial charge in [-0.2, -0.15) is 0 Å². The lowest BCUT2D eigenvalue weighted by Crippen LogP contribution is -2.33. The Kier molecular flexibility index (Phi) is 6.75. The molecule has 0 fully saturated rings. The Bertz CT molecular complexity index is 788. The SMILES string of the molecule is CCCCN(CC)C(=O)CSc1cc(=O)n(C)c2cc(Cl)ccc12. The molecule has 0 atom stereocenters. The highest BCUT2D eigenvalue weighted by Gasteiger charge is 2.14. The lowest BCUT2D eigenvalue weighted by Gasteiger charge is -2.20. The molecule has 0 radical (unpaired) electrons. The summed E-state index contributed by atoms with van der Waals surface area (Å²) in [6.45, 7) is 5.61. The first-order valence-electron chi connectivity index (χ1n) is 8.17.